The molecule has 45 heavy (non-hydrogen) atoms. The van der Waals surface area contributed by atoms with Crippen LogP contribution in [0.3, 0.4) is 0 Å². The molecule has 8 N–H and O–H groups in total. The van der Waals surface area contributed by atoms with E-state index < -0.39 is 0 Å². The first kappa shape index (κ1) is 31.8. The van der Waals surface area contributed by atoms with Crippen molar-refractivity contribution in [3.63, 3.8) is 0 Å². The normalized spacial score (nSPS) is 60.9. The fourth-order valence-corrected chi connectivity index (χ4v) is 14.1. The van der Waals surface area contributed by atoms with Crippen LogP contribution in [-0.4, -0.2) is 70.8 Å². The molecule has 0 aromatic carbocycles. The molecule has 0 aromatic rings. The van der Waals surface area contributed by atoms with Gasteiger partial charge < -0.3 is 0 Å². The molecule has 8 nitrogen and oxygen atoms in total. The minimum absolute atomic E-state index is 0.00709. The Morgan fingerprint density at radius 2 is 0.733 bits per heavy atom. The number of rotatable bonds is 0. The van der Waals surface area contributed by atoms with Crippen molar-refractivity contribution < 1.29 is 0 Å². The highest BCUT2D eigenvalue weighted by Gasteiger charge is 2.60. The van der Waals surface area contributed by atoms with Gasteiger partial charge in [0, 0.05) is 17.2 Å². The maximum Gasteiger partial charge on any atom is 0.0669 e. The summed E-state index contributed by atoms with van der Waals surface area (Å²) in [5, 5.41) is 32.6. The van der Waals surface area contributed by atoms with Crippen LogP contribution in [0.15, 0.2) is 0 Å². The van der Waals surface area contributed by atoms with Crippen molar-refractivity contribution in [1.82, 2.24) is 42.5 Å². The van der Waals surface area contributed by atoms with E-state index in [1.54, 1.807) is 0 Å². The predicted molar refractivity (Wildman–Crippen MR) is 182 cm³/mol. The summed E-state index contributed by atoms with van der Waals surface area (Å²) in [7, 11) is 0. The summed E-state index contributed by atoms with van der Waals surface area (Å²) >= 11 is 28.5. The molecule has 0 spiro atoms. The third kappa shape index (κ3) is 5.28. The topological polar surface area (TPSA) is 96.2 Å². The van der Waals surface area contributed by atoms with Gasteiger partial charge in [-0.05, 0) is 80.0 Å². The average molecular weight is 705 g/mol. The van der Waals surface area contributed by atoms with Gasteiger partial charge in [-0.2, -0.15) is 0 Å². The zero-order chi connectivity index (χ0) is 30.6. The maximum atomic E-state index is 7.29. The highest BCUT2D eigenvalue weighted by molar-refractivity contribution is 6.35. The molecule has 5 saturated heterocycles. The molecule has 9 rings (SSSR count). The summed E-state index contributed by atoms with van der Waals surface area (Å²) < 4.78 is 0. The molecule has 8 bridgehead atoms. The van der Waals surface area contributed by atoms with Gasteiger partial charge in [0.1, 0.15) is 0 Å². The Kier molecular flexibility index (Phi) is 8.87. The maximum absolute atomic E-state index is 7.29. The summed E-state index contributed by atoms with van der Waals surface area (Å²) in [6, 6.07) is 0. The second-order valence-corrected chi connectivity index (χ2v) is 18.5. The van der Waals surface area contributed by atoms with Gasteiger partial charge in [0.25, 0.3) is 0 Å². The first-order valence-electron chi connectivity index (χ1n) is 18.5. The number of hydrogen-bond acceptors (Lipinski definition) is 8. The minimum atomic E-state index is -0.274. The third-order valence-corrected chi connectivity index (χ3v) is 16.9. The van der Waals surface area contributed by atoms with Crippen LogP contribution in [0.2, 0.25) is 0 Å². The lowest BCUT2D eigenvalue weighted by molar-refractivity contribution is 0.140. The van der Waals surface area contributed by atoms with E-state index in [9.17, 15) is 0 Å². The van der Waals surface area contributed by atoms with Crippen molar-refractivity contribution in [2.75, 3.05) is 0 Å². The summed E-state index contributed by atoms with van der Waals surface area (Å²) in [5.74, 6) is 4.02. The quantitative estimate of drug-likeness (QED) is 0.181. The average Bonchev–Trinajstić information content (AvgIpc) is 3.78. The lowest BCUT2D eigenvalue weighted by Crippen LogP contribution is -2.62. The van der Waals surface area contributed by atoms with Crippen LogP contribution in [-0.2, 0) is 0 Å². The molecule has 4 aliphatic carbocycles. The van der Waals surface area contributed by atoms with E-state index in [0.717, 1.165) is 6.42 Å². The first-order valence-corrected chi connectivity index (χ1v) is 20.3. The molecular weight excluding hydrogens is 650 g/mol. The Labute approximate surface area is 289 Å². The van der Waals surface area contributed by atoms with Gasteiger partial charge in [-0.1, -0.05) is 39.0 Å². The van der Waals surface area contributed by atoms with Crippen LogP contribution in [0, 0.1) is 53.3 Å². The standard InChI is InChI=1S/C33H54Cl4N8/c1-13-20-22(24(36)25(37)23(13)35)33-44-31(20)42-29-17-10-5-4-9-16(17)27(40-29)38-26-14-7-2-3-8-15(14)28(39-26)41-30-18-11-6-12-19(34)21(18)32(43-30)45-33/h13-33,38-45H,2-12H2,1H3. The van der Waals surface area contributed by atoms with Crippen molar-refractivity contribution in [3.8, 4) is 0 Å². The molecule has 254 valence electrons. The largest absolute Gasteiger partial charge is 0.286 e. The Bertz CT molecular complexity index is 1090. The second-order valence-electron chi connectivity index (χ2n) is 16.4. The molecule has 5 aliphatic heterocycles. The van der Waals surface area contributed by atoms with Crippen LogP contribution in [0.4, 0.5) is 0 Å². The Hall–Kier alpha value is 0.840. The first-order chi connectivity index (χ1) is 21.9. The lowest BCUT2D eigenvalue weighted by atomic mass is 9.71. The highest BCUT2D eigenvalue weighted by atomic mass is 35.5. The summed E-state index contributed by atoms with van der Waals surface area (Å²) in [6.07, 6.45) is 15.5. The van der Waals surface area contributed by atoms with Crippen molar-refractivity contribution in [1.29, 1.82) is 0 Å². The second kappa shape index (κ2) is 12.6. The number of hydrogen-bond donors (Lipinski definition) is 8. The third-order valence-electron chi connectivity index (χ3n) is 14.4. The molecule has 0 radical (unpaired) electrons. The van der Waals surface area contributed by atoms with Gasteiger partial charge in [-0.25, -0.2) is 0 Å². The van der Waals surface area contributed by atoms with E-state index in [1.165, 1.54) is 64.2 Å². The van der Waals surface area contributed by atoms with Crippen LogP contribution in [0.25, 0.3) is 0 Å². The van der Waals surface area contributed by atoms with E-state index in [4.69, 9.17) is 46.4 Å². The van der Waals surface area contributed by atoms with Gasteiger partial charge in [0.2, 0.25) is 0 Å². The number of nitrogens with one attached hydrogen (secondary N) is 8. The zero-order valence-electron chi connectivity index (χ0n) is 26.4. The van der Waals surface area contributed by atoms with E-state index in [0.29, 0.717) is 54.0 Å². The van der Waals surface area contributed by atoms with Crippen molar-refractivity contribution in [2.24, 2.45) is 53.3 Å². The summed E-state index contributed by atoms with van der Waals surface area (Å²) in [6.45, 7) is 2.29. The molecule has 0 amide bonds. The molecule has 21 unspecified atom stereocenters. The summed E-state index contributed by atoms with van der Waals surface area (Å²) in [5.41, 5.74) is 0. The molecule has 21 atom stereocenters. The number of halogens is 4. The Balaban J connectivity index is 1.09. The number of alkyl halides is 4. The van der Waals surface area contributed by atoms with Crippen molar-refractivity contribution in [2.45, 2.75) is 148 Å². The molecular formula is C33H54Cl4N8. The van der Waals surface area contributed by atoms with E-state index >= 15 is 0 Å². The Morgan fingerprint density at radius 1 is 0.356 bits per heavy atom. The van der Waals surface area contributed by atoms with Crippen molar-refractivity contribution in [3.05, 3.63) is 0 Å². The Morgan fingerprint density at radius 3 is 1.24 bits per heavy atom. The van der Waals surface area contributed by atoms with Gasteiger partial charge in [-0.3, -0.25) is 42.5 Å². The molecule has 5 heterocycles. The van der Waals surface area contributed by atoms with E-state index in [2.05, 4.69) is 49.5 Å². The highest BCUT2D eigenvalue weighted by Crippen LogP contribution is 2.50. The monoisotopic (exact) mass is 702 g/mol. The van der Waals surface area contributed by atoms with Crippen molar-refractivity contribution >= 4 is 46.4 Å². The van der Waals surface area contributed by atoms with Gasteiger partial charge in [0.05, 0.1) is 65.5 Å². The SMILES string of the molecule is CC1C(Cl)C(Cl)C(Cl)C2C3NC4NC(NC5NC(NC6NC(NC(N3)C12)C1CCCCC61)C1CCCCC51)C1CCCC(Cl)C41. The number of fused-ring (bicyclic) bond motifs is 20. The minimum Gasteiger partial charge on any atom is -0.286 e. The van der Waals surface area contributed by atoms with Gasteiger partial charge in [0.15, 0.2) is 0 Å². The van der Waals surface area contributed by atoms with Crippen LogP contribution >= 0.6 is 46.4 Å². The molecule has 9 aliphatic rings. The molecule has 0 aromatic heterocycles. The summed E-state index contributed by atoms with van der Waals surface area (Å²) in [4.78, 5) is 0. The predicted octanol–water partition coefficient (Wildman–Crippen LogP) is 3.72. The van der Waals surface area contributed by atoms with Gasteiger partial charge >= 0.3 is 0 Å². The molecule has 9 fully saturated rings. The van der Waals surface area contributed by atoms with Gasteiger partial charge in [-0.15, -0.1) is 46.4 Å². The van der Waals surface area contributed by atoms with E-state index in [-0.39, 0.29) is 70.1 Å². The fraction of sp³-hybridized carbons (Fsp3) is 1.00. The van der Waals surface area contributed by atoms with Crippen LogP contribution < -0.4 is 42.5 Å². The smallest absolute Gasteiger partial charge is 0.0669 e. The van der Waals surface area contributed by atoms with Crippen LogP contribution in [0.5, 0.6) is 0 Å². The van der Waals surface area contributed by atoms with E-state index in [1.807, 2.05) is 0 Å². The fourth-order valence-electron chi connectivity index (χ4n) is 12.3. The van der Waals surface area contributed by atoms with Crippen LogP contribution in [0.1, 0.15) is 77.6 Å². The lowest BCUT2D eigenvalue weighted by Gasteiger charge is -2.45. The molecule has 12 heteroatoms. The molecule has 4 saturated carbocycles. The zero-order valence-corrected chi connectivity index (χ0v) is 29.4.